The minimum atomic E-state index is 0.137. The SMILES string of the molecule is Cc1nn(-c2cccc(Cl)c2)c2sc(C(=O)N3CCC(C)C3)cc12. The maximum atomic E-state index is 12.8. The molecule has 0 aliphatic carbocycles. The van der Waals surface area contributed by atoms with Crippen molar-refractivity contribution in [2.24, 2.45) is 5.92 Å². The quantitative estimate of drug-likeness (QED) is 0.674. The fourth-order valence-corrected chi connectivity index (χ4v) is 4.55. The molecule has 0 spiro atoms. The Morgan fingerprint density at radius 1 is 1.38 bits per heavy atom. The van der Waals surface area contributed by atoms with E-state index < -0.39 is 0 Å². The van der Waals surface area contributed by atoms with Gasteiger partial charge >= 0.3 is 0 Å². The molecule has 124 valence electrons. The molecule has 0 saturated carbocycles. The standard InChI is InChI=1S/C18H18ClN3OS/c1-11-6-7-21(10-11)17(23)16-9-15-12(2)20-22(18(15)24-16)14-5-3-4-13(19)8-14/h3-5,8-9,11H,6-7,10H2,1-2H3. The Morgan fingerprint density at radius 3 is 2.92 bits per heavy atom. The zero-order valence-electron chi connectivity index (χ0n) is 13.6. The second-order valence-electron chi connectivity index (χ2n) is 6.45. The normalized spacial score (nSPS) is 17.8. The maximum Gasteiger partial charge on any atom is 0.264 e. The Labute approximate surface area is 149 Å². The Kier molecular flexibility index (Phi) is 3.85. The molecule has 1 aliphatic rings. The van der Waals surface area contributed by atoms with Gasteiger partial charge in [-0.05, 0) is 43.5 Å². The van der Waals surface area contributed by atoms with Gasteiger partial charge in [0.25, 0.3) is 5.91 Å². The zero-order chi connectivity index (χ0) is 16.8. The first-order valence-corrected chi connectivity index (χ1v) is 9.27. The molecule has 0 bridgehead atoms. The minimum Gasteiger partial charge on any atom is -0.338 e. The number of rotatable bonds is 2. The van der Waals surface area contributed by atoms with Crippen LogP contribution in [0.25, 0.3) is 15.9 Å². The van der Waals surface area contributed by atoms with E-state index in [0.717, 1.165) is 46.0 Å². The molecule has 1 saturated heterocycles. The average molecular weight is 360 g/mol. The van der Waals surface area contributed by atoms with E-state index in [-0.39, 0.29) is 5.91 Å². The van der Waals surface area contributed by atoms with E-state index in [0.29, 0.717) is 10.9 Å². The van der Waals surface area contributed by atoms with E-state index >= 15 is 0 Å². The van der Waals surface area contributed by atoms with Crippen LogP contribution in [0.4, 0.5) is 0 Å². The first kappa shape index (κ1) is 15.7. The van der Waals surface area contributed by atoms with Crippen LogP contribution in [0, 0.1) is 12.8 Å². The molecule has 0 radical (unpaired) electrons. The lowest BCUT2D eigenvalue weighted by molar-refractivity contribution is 0.0793. The molecule has 1 amide bonds. The summed E-state index contributed by atoms with van der Waals surface area (Å²) in [6.07, 6.45) is 1.09. The molecule has 1 fully saturated rings. The van der Waals surface area contributed by atoms with Gasteiger partial charge in [0.2, 0.25) is 0 Å². The van der Waals surface area contributed by atoms with Gasteiger partial charge in [0, 0.05) is 23.5 Å². The molecular weight excluding hydrogens is 342 g/mol. The van der Waals surface area contributed by atoms with Crippen molar-refractivity contribution in [2.75, 3.05) is 13.1 Å². The van der Waals surface area contributed by atoms with Gasteiger partial charge in [-0.15, -0.1) is 11.3 Å². The predicted molar refractivity (Wildman–Crippen MR) is 98.4 cm³/mol. The van der Waals surface area contributed by atoms with E-state index in [2.05, 4.69) is 12.0 Å². The molecule has 1 aliphatic heterocycles. The lowest BCUT2D eigenvalue weighted by atomic mass is 10.2. The number of fused-ring (bicyclic) bond motifs is 1. The van der Waals surface area contributed by atoms with Crippen LogP contribution >= 0.6 is 22.9 Å². The third-order valence-electron chi connectivity index (χ3n) is 4.52. The summed E-state index contributed by atoms with van der Waals surface area (Å²) < 4.78 is 1.88. The van der Waals surface area contributed by atoms with Crippen LogP contribution in [0.5, 0.6) is 0 Å². The van der Waals surface area contributed by atoms with Crippen molar-refractivity contribution in [1.29, 1.82) is 0 Å². The molecule has 1 unspecified atom stereocenters. The third kappa shape index (κ3) is 2.62. The third-order valence-corrected chi connectivity index (χ3v) is 5.85. The van der Waals surface area contributed by atoms with Crippen LogP contribution in [-0.2, 0) is 0 Å². The summed E-state index contributed by atoms with van der Waals surface area (Å²) in [5, 5.41) is 6.33. The fraction of sp³-hybridized carbons (Fsp3) is 0.333. The number of thiophene rings is 1. The van der Waals surface area contributed by atoms with E-state index in [4.69, 9.17) is 11.6 Å². The molecular formula is C18H18ClN3OS. The maximum absolute atomic E-state index is 12.8. The van der Waals surface area contributed by atoms with E-state index in [1.54, 1.807) is 0 Å². The Morgan fingerprint density at radius 2 is 2.21 bits per heavy atom. The Hall–Kier alpha value is -1.85. The van der Waals surface area contributed by atoms with Crippen molar-refractivity contribution in [3.8, 4) is 5.69 Å². The first-order valence-electron chi connectivity index (χ1n) is 8.07. The molecule has 24 heavy (non-hydrogen) atoms. The number of carbonyl (C=O) groups excluding carboxylic acids is 1. The minimum absolute atomic E-state index is 0.137. The molecule has 0 N–H and O–H groups in total. The van der Waals surface area contributed by atoms with Crippen LogP contribution in [0.2, 0.25) is 5.02 Å². The summed E-state index contributed by atoms with van der Waals surface area (Å²) in [5.74, 6) is 0.726. The smallest absolute Gasteiger partial charge is 0.264 e. The van der Waals surface area contributed by atoms with Crippen molar-refractivity contribution in [3.05, 3.63) is 45.9 Å². The van der Waals surface area contributed by atoms with E-state index in [1.165, 1.54) is 11.3 Å². The van der Waals surface area contributed by atoms with Crippen molar-refractivity contribution >= 4 is 39.1 Å². The van der Waals surface area contributed by atoms with Gasteiger partial charge < -0.3 is 4.90 Å². The molecule has 1 atom stereocenters. The van der Waals surface area contributed by atoms with Crippen LogP contribution in [0.3, 0.4) is 0 Å². The number of carbonyl (C=O) groups is 1. The van der Waals surface area contributed by atoms with Crippen LogP contribution in [-0.4, -0.2) is 33.7 Å². The molecule has 1 aromatic carbocycles. The summed E-state index contributed by atoms with van der Waals surface area (Å²) in [5.41, 5.74) is 1.84. The zero-order valence-corrected chi connectivity index (χ0v) is 15.2. The summed E-state index contributed by atoms with van der Waals surface area (Å²) in [7, 11) is 0. The van der Waals surface area contributed by atoms with E-state index in [9.17, 15) is 4.79 Å². The highest BCUT2D eigenvalue weighted by molar-refractivity contribution is 7.20. The lowest BCUT2D eigenvalue weighted by Gasteiger charge is -2.14. The number of amides is 1. The highest BCUT2D eigenvalue weighted by atomic mass is 35.5. The second-order valence-corrected chi connectivity index (χ2v) is 7.92. The Balaban J connectivity index is 1.76. The van der Waals surface area contributed by atoms with Gasteiger partial charge in [0.1, 0.15) is 4.83 Å². The van der Waals surface area contributed by atoms with Crippen LogP contribution < -0.4 is 0 Å². The van der Waals surface area contributed by atoms with Crippen molar-refractivity contribution in [3.63, 3.8) is 0 Å². The summed E-state index contributed by atoms with van der Waals surface area (Å²) in [4.78, 5) is 16.5. The van der Waals surface area contributed by atoms with Gasteiger partial charge in [0.15, 0.2) is 0 Å². The number of halogens is 1. The van der Waals surface area contributed by atoms with Gasteiger partial charge in [-0.2, -0.15) is 5.10 Å². The van der Waals surface area contributed by atoms with Gasteiger partial charge in [-0.25, -0.2) is 4.68 Å². The summed E-state index contributed by atoms with van der Waals surface area (Å²) >= 11 is 7.62. The summed E-state index contributed by atoms with van der Waals surface area (Å²) in [6, 6.07) is 9.59. The number of hydrogen-bond donors (Lipinski definition) is 0. The highest BCUT2D eigenvalue weighted by Gasteiger charge is 2.26. The molecule has 6 heteroatoms. The molecule has 3 aromatic rings. The lowest BCUT2D eigenvalue weighted by Crippen LogP contribution is -2.27. The largest absolute Gasteiger partial charge is 0.338 e. The number of benzene rings is 1. The predicted octanol–water partition coefficient (Wildman–Crippen LogP) is 4.53. The van der Waals surface area contributed by atoms with Crippen molar-refractivity contribution in [1.82, 2.24) is 14.7 Å². The Bertz CT molecular complexity index is 930. The van der Waals surface area contributed by atoms with Crippen LogP contribution in [0.1, 0.15) is 28.7 Å². The van der Waals surface area contributed by atoms with Gasteiger partial charge in [-0.1, -0.05) is 24.6 Å². The fourth-order valence-electron chi connectivity index (χ4n) is 3.21. The molecule has 2 aromatic heterocycles. The molecule has 4 rings (SSSR count). The summed E-state index contributed by atoms with van der Waals surface area (Å²) in [6.45, 7) is 5.88. The van der Waals surface area contributed by atoms with Gasteiger partial charge in [0.05, 0.1) is 16.3 Å². The molecule has 3 heterocycles. The number of likely N-dealkylation sites (tertiary alicyclic amines) is 1. The van der Waals surface area contributed by atoms with E-state index in [1.807, 2.05) is 46.8 Å². The average Bonchev–Trinajstić information content (AvgIpc) is 3.24. The second kappa shape index (κ2) is 5.90. The molecule has 4 nitrogen and oxygen atoms in total. The monoisotopic (exact) mass is 359 g/mol. The van der Waals surface area contributed by atoms with Crippen molar-refractivity contribution in [2.45, 2.75) is 20.3 Å². The number of nitrogens with zero attached hydrogens (tertiary/aromatic N) is 3. The number of aryl methyl sites for hydroxylation is 1. The first-order chi connectivity index (χ1) is 11.5. The topological polar surface area (TPSA) is 38.1 Å². The highest BCUT2D eigenvalue weighted by Crippen LogP contribution is 2.32. The number of hydrogen-bond acceptors (Lipinski definition) is 3. The van der Waals surface area contributed by atoms with Crippen LogP contribution in [0.15, 0.2) is 30.3 Å². The number of aromatic nitrogens is 2. The van der Waals surface area contributed by atoms with Crippen molar-refractivity contribution < 1.29 is 4.79 Å². The van der Waals surface area contributed by atoms with Gasteiger partial charge in [-0.3, -0.25) is 4.79 Å².